The number of benzene rings is 1. The van der Waals surface area contributed by atoms with Crippen LogP contribution in [-0.2, 0) is 0 Å². The summed E-state index contributed by atoms with van der Waals surface area (Å²) in [5, 5.41) is 0. The number of halogens is 1. The van der Waals surface area contributed by atoms with Gasteiger partial charge in [-0.3, -0.25) is 4.98 Å². The monoisotopic (exact) mass is 327 g/mol. The van der Waals surface area contributed by atoms with Crippen LogP contribution in [0.4, 0.5) is 4.39 Å². The molecule has 1 aromatic heterocycles. The smallest absolute Gasteiger partial charge is 0.126 e. The maximum Gasteiger partial charge on any atom is 0.126 e. The second kappa shape index (κ2) is 10.0. The van der Waals surface area contributed by atoms with E-state index in [9.17, 15) is 4.39 Å². The van der Waals surface area contributed by atoms with E-state index >= 15 is 0 Å². The van der Waals surface area contributed by atoms with Crippen LogP contribution in [-0.4, -0.2) is 4.98 Å². The van der Waals surface area contributed by atoms with Crippen molar-refractivity contribution in [2.75, 3.05) is 0 Å². The third kappa shape index (κ3) is 6.27. The zero-order chi connectivity index (χ0) is 18.1. The fourth-order valence-corrected chi connectivity index (χ4v) is 2.48. The van der Waals surface area contributed by atoms with Crippen LogP contribution in [0, 0.1) is 25.6 Å². The molecule has 1 heterocycles. The SMILES string of the molecule is C/C=C\c1ncc(-c2ccc(F)c(C)c2)cc1C.CCCC(C)C. The topological polar surface area (TPSA) is 12.9 Å². The summed E-state index contributed by atoms with van der Waals surface area (Å²) in [5.41, 5.74) is 4.76. The Balaban J connectivity index is 0.000000413. The molecule has 24 heavy (non-hydrogen) atoms. The van der Waals surface area contributed by atoms with E-state index in [2.05, 4.69) is 31.8 Å². The fourth-order valence-electron chi connectivity index (χ4n) is 2.48. The molecule has 0 aliphatic rings. The van der Waals surface area contributed by atoms with Gasteiger partial charge in [-0.2, -0.15) is 0 Å². The first-order valence-corrected chi connectivity index (χ1v) is 8.74. The summed E-state index contributed by atoms with van der Waals surface area (Å²) < 4.78 is 13.2. The molecule has 0 spiro atoms. The molecule has 2 heteroatoms. The molecule has 0 saturated carbocycles. The van der Waals surface area contributed by atoms with E-state index in [1.54, 1.807) is 13.0 Å². The van der Waals surface area contributed by atoms with Crippen molar-refractivity contribution in [2.45, 2.75) is 54.4 Å². The van der Waals surface area contributed by atoms with Gasteiger partial charge in [0.1, 0.15) is 5.82 Å². The predicted molar refractivity (Wildman–Crippen MR) is 104 cm³/mol. The first-order valence-electron chi connectivity index (χ1n) is 8.74. The Kier molecular flexibility index (Phi) is 8.39. The van der Waals surface area contributed by atoms with E-state index < -0.39 is 0 Å². The number of aryl methyl sites for hydroxylation is 2. The normalized spacial score (nSPS) is 10.8. The Labute approximate surface area is 146 Å². The molecule has 1 aromatic carbocycles. The van der Waals surface area contributed by atoms with E-state index in [1.807, 2.05) is 38.3 Å². The van der Waals surface area contributed by atoms with Gasteiger partial charge in [-0.25, -0.2) is 4.39 Å². The average molecular weight is 327 g/mol. The lowest BCUT2D eigenvalue weighted by Gasteiger charge is -2.06. The predicted octanol–water partition coefficient (Wildman–Crippen LogP) is 6.98. The number of rotatable bonds is 4. The number of hydrogen-bond donors (Lipinski definition) is 0. The van der Waals surface area contributed by atoms with Gasteiger partial charge in [0.2, 0.25) is 0 Å². The highest BCUT2D eigenvalue weighted by Gasteiger charge is 2.04. The van der Waals surface area contributed by atoms with E-state index in [1.165, 1.54) is 18.9 Å². The number of pyridine rings is 1. The second-order valence-electron chi connectivity index (χ2n) is 6.57. The van der Waals surface area contributed by atoms with Crippen LogP contribution in [0.5, 0.6) is 0 Å². The van der Waals surface area contributed by atoms with E-state index in [0.717, 1.165) is 28.3 Å². The minimum atomic E-state index is -0.172. The number of hydrogen-bond acceptors (Lipinski definition) is 1. The van der Waals surface area contributed by atoms with Crippen molar-refractivity contribution >= 4 is 6.08 Å². The van der Waals surface area contributed by atoms with Gasteiger partial charge in [0.05, 0.1) is 5.69 Å². The molecule has 0 atom stereocenters. The van der Waals surface area contributed by atoms with Gasteiger partial charge in [0.15, 0.2) is 0 Å². The van der Waals surface area contributed by atoms with E-state index in [4.69, 9.17) is 0 Å². The lowest BCUT2D eigenvalue weighted by atomic mass is 10.0. The molecule has 2 aromatic rings. The molecule has 0 N–H and O–H groups in total. The molecular weight excluding hydrogens is 297 g/mol. The molecule has 0 radical (unpaired) electrons. The molecule has 1 nitrogen and oxygen atoms in total. The van der Waals surface area contributed by atoms with Crippen LogP contribution in [0.25, 0.3) is 17.2 Å². The van der Waals surface area contributed by atoms with Crippen molar-refractivity contribution in [1.29, 1.82) is 0 Å². The standard InChI is InChI=1S/C16H16FN.C6H14/c1-4-5-16-12(3)9-14(10-18-16)13-6-7-15(17)11(2)8-13;1-4-5-6(2)3/h4-10H,1-3H3;6H,4-5H2,1-3H3/b5-4-;. The Morgan fingerprint density at radius 2 is 1.75 bits per heavy atom. The highest BCUT2D eigenvalue weighted by Crippen LogP contribution is 2.23. The molecule has 2 rings (SSSR count). The van der Waals surface area contributed by atoms with Gasteiger partial charge in [-0.15, -0.1) is 0 Å². The Morgan fingerprint density at radius 1 is 1.08 bits per heavy atom. The third-order valence-electron chi connectivity index (χ3n) is 3.80. The van der Waals surface area contributed by atoms with Crippen molar-refractivity contribution in [3.8, 4) is 11.1 Å². The molecule has 0 unspecified atom stereocenters. The molecule has 0 saturated heterocycles. The Hall–Kier alpha value is -1.96. The van der Waals surface area contributed by atoms with Crippen molar-refractivity contribution in [1.82, 2.24) is 4.98 Å². The van der Waals surface area contributed by atoms with E-state index in [-0.39, 0.29) is 5.82 Å². The zero-order valence-electron chi connectivity index (χ0n) is 15.9. The number of allylic oxidation sites excluding steroid dienone is 1. The van der Waals surface area contributed by atoms with Gasteiger partial charge in [0.25, 0.3) is 0 Å². The molecule has 0 aliphatic heterocycles. The maximum absolute atomic E-state index is 13.2. The molecule has 0 bridgehead atoms. The zero-order valence-corrected chi connectivity index (χ0v) is 15.9. The van der Waals surface area contributed by atoms with Gasteiger partial charge in [0, 0.05) is 11.8 Å². The first kappa shape index (κ1) is 20.1. The van der Waals surface area contributed by atoms with Gasteiger partial charge >= 0.3 is 0 Å². The summed E-state index contributed by atoms with van der Waals surface area (Å²) >= 11 is 0. The minimum Gasteiger partial charge on any atom is -0.256 e. The molecule has 0 aliphatic carbocycles. The molecule has 0 amide bonds. The van der Waals surface area contributed by atoms with Crippen molar-refractivity contribution < 1.29 is 4.39 Å². The number of nitrogens with zero attached hydrogens (tertiary/aromatic N) is 1. The van der Waals surface area contributed by atoms with Crippen LogP contribution in [0.15, 0.2) is 36.5 Å². The van der Waals surface area contributed by atoms with Gasteiger partial charge in [-0.05, 0) is 67.7 Å². The van der Waals surface area contributed by atoms with E-state index in [0.29, 0.717) is 5.56 Å². The summed E-state index contributed by atoms with van der Waals surface area (Å²) in [5.74, 6) is 0.726. The highest BCUT2D eigenvalue weighted by atomic mass is 19.1. The minimum absolute atomic E-state index is 0.172. The number of aromatic nitrogens is 1. The lowest BCUT2D eigenvalue weighted by molar-refractivity contribution is 0.576. The average Bonchev–Trinajstić information content (AvgIpc) is 2.53. The van der Waals surface area contributed by atoms with Crippen molar-refractivity contribution in [3.05, 3.63) is 59.2 Å². The quantitative estimate of drug-likeness (QED) is 0.590. The van der Waals surface area contributed by atoms with Crippen LogP contribution in [0.1, 0.15) is 57.4 Å². The van der Waals surface area contributed by atoms with Crippen LogP contribution >= 0.6 is 0 Å². The molecule has 0 fully saturated rings. The fraction of sp³-hybridized carbons (Fsp3) is 0.409. The van der Waals surface area contributed by atoms with Gasteiger partial charge < -0.3 is 0 Å². The Bertz CT molecular complexity index is 672. The Morgan fingerprint density at radius 3 is 2.21 bits per heavy atom. The highest BCUT2D eigenvalue weighted by molar-refractivity contribution is 5.66. The summed E-state index contributed by atoms with van der Waals surface area (Å²) in [7, 11) is 0. The summed E-state index contributed by atoms with van der Waals surface area (Å²) in [4.78, 5) is 4.42. The molecule has 130 valence electrons. The first-order chi connectivity index (χ1) is 11.4. The summed E-state index contributed by atoms with van der Waals surface area (Å²) in [6.07, 6.45) is 8.48. The van der Waals surface area contributed by atoms with Crippen molar-refractivity contribution in [2.24, 2.45) is 5.92 Å². The second-order valence-corrected chi connectivity index (χ2v) is 6.57. The molecular formula is C22H30FN. The van der Waals surface area contributed by atoms with Crippen LogP contribution < -0.4 is 0 Å². The summed E-state index contributed by atoms with van der Waals surface area (Å²) in [6, 6.07) is 7.21. The third-order valence-corrected chi connectivity index (χ3v) is 3.80. The lowest BCUT2D eigenvalue weighted by Crippen LogP contribution is -1.90. The summed E-state index contributed by atoms with van der Waals surface area (Å²) in [6.45, 7) is 12.5. The van der Waals surface area contributed by atoms with Crippen LogP contribution in [0.2, 0.25) is 0 Å². The largest absolute Gasteiger partial charge is 0.256 e. The van der Waals surface area contributed by atoms with Gasteiger partial charge in [-0.1, -0.05) is 45.8 Å². The van der Waals surface area contributed by atoms with Crippen LogP contribution in [0.3, 0.4) is 0 Å². The van der Waals surface area contributed by atoms with Crippen molar-refractivity contribution in [3.63, 3.8) is 0 Å². The maximum atomic E-state index is 13.2.